The normalized spacial score (nSPS) is 14.0. The smallest absolute Gasteiger partial charge is 0.408 e. The number of urea groups is 1. The summed E-state index contributed by atoms with van der Waals surface area (Å²) in [6.07, 6.45) is 1.17. The molecule has 39 heavy (non-hydrogen) atoms. The van der Waals surface area contributed by atoms with Crippen molar-refractivity contribution >= 4 is 30.1 Å². The van der Waals surface area contributed by atoms with Gasteiger partial charge in [0.05, 0.1) is 5.69 Å². The molecule has 2 aromatic rings. The Kier molecular flexibility index (Phi) is 8.72. The number of benzene rings is 1. The van der Waals surface area contributed by atoms with Gasteiger partial charge in [0.15, 0.2) is 0 Å². The van der Waals surface area contributed by atoms with Crippen LogP contribution in [0.3, 0.4) is 0 Å². The van der Waals surface area contributed by atoms with Gasteiger partial charge in [0, 0.05) is 38.8 Å². The molecule has 0 aliphatic carbocycles. The van der Waals surface area contributed by atoms with E-state index in [9.17, 15) is 28.4 Å². The largest absolute Gasteiger partial charge is 0.444 e. The number of hydrogen-bond acceptors (Lipinski definition) is 7. The van der Waals surface area contributed by atoms with Crippen molar-refractivity contribution in [3.8, 4) is 5.69 Å². The Morgan fingerprint density at radius 1 is 1.05 bits per heavy atom. The van der Waals surface area contributed by atoms with Gasteiger partial charge in [-0.15, -0.1) is 0 Å². The van der Waals surface area contributed by atoms with E-state index in [1.165, 1.54) is 29.3 Å². The summed E-state index contributed by atoms with van der Waals surface area (Å²) in [7, 11) is 0. The molecule has 0 unspecified atom stereocenters. The number of carbonyl (C=O) groups excluding carboxylic acids is 4. The van der Waals surface area contributed by atoms with Crippen LogP contribution >= 0.6 is 0 Å². The molecule has 2 N–H and O–H groups in total. The Morgan fingerprint density at radius 3 is 2.26 bits per heavy atom. The van der Waals surface area contributed by atoms with Crippen molar-refractivity contribution in [3.05, 3.63) is 52.3 Å². The van der Waals surface area contributed by atoms with Crippen molar-refractivity contribution in [1.29, 1.82) is 0 Å². The maximum Gasteiger partial charge on any atom is 0.408 e. The Balaban J connectivity index is 1.57. The topological polar surface area (TPSA) is 143 Å². The molecule has 1 aromatic carbocycles. The zero-order chi connectivity index (χ0) is 29.0. The summed E-state index contributed by atoms with van der Waals surface area (Å²) in [4.78, 5) is 67.9. The first-order chi connectivity index (χ1) is 18.2. The minimum absolute atomic E-state index is 0.0143. The zero-order valence-corrected chi connectivity index (χ0v) is 22.6. The van der Waals surface area contributed by atoms with Crippen molar-refractivity contribution in [2.45, 2.75) is 52.2 Å². The summed E-state index contributed by atoms with van der Waals surface area (Å²) in [5.41, 5.74) is -2.21. The predicted molar refractivity (Wildman–Crippen MR) is 140 cm³/mol. The molecule has 1 aromatic heterocycles. The Labute approximate surface area is 225 Å². The second-order valence-corrected chi connectivity index (χ2v) is 10.6. The molecule has 13 heteroatoms. The number of rotatable bonds is 6. The molecule has 4 amide bonds. The lowest BCUT2D eigenvalue weighted by Crippen LogP contribution is -2.60. The van der Waals surface area contributed by atoms with Crippen LogP contribution in [0.1, 0.15) is 40.2 Å². The first kappa shape index (κ1) is 29.3. The second-order valence-electron chi connectivity index (χ2n) is 10.6. The van der Waals surface area contributed by atoms with Crippen LogP contribution < -0.4 is 16.3 Å². The fourth-order valence-corrected chi connectivity index (χ4v) is 3.92. The molecule has 0 atom stereocenters. The van der Waals surface area contributed by atoms with E-state index in [1.54, 1.807) is 39.5 Å². The Hall–Kier alpha value is -4.29. The van der Waals surface area contributed by atoms with Crippen molar-refractivity contribution in [2.24, 2.45) is 0 Å². The zero-order valence-electron chi connectivity index (χ0n) is 22.6. The van der Waals surface area contributed by atoms with Gasteiger partial charge in [-0.05, 0) is 58.4 Å². The highest BCUT2D eigenvalue weighted by Crippen LogP contribution is 2.16. The minimum atomic E-state index is -1.21. The molecule has 3 rings (SSSR count). The molecule has 2 heterocycles. The fourth-order valence-electron chi connectivity index (χ4n) is 3.92. The third-order valence-corrected chi connectivity index (χ3v) is 5.86. The lowest BCUT2D eigenvalue weighted by atomic mass is 10.0. The summed E-state index contributed by atoms with van der Waals surface area (Å²) in [5, 5.41) is 5.15. The third kappa shape index (κ3) is 7.62. The number of aldehydes is 1. The van der Waals surface area contributed by atoms with E-state index in [-0.39, 0.29) is 55.6 Å². The Bertz CT molecular complexity index is 1310. The maximum atomic E-state index is 14.2. The quantitative estimate of drug-likeness (QED) is 0.530. The molecule has 1 fully saturated rings. The number of halogens is 1. The molecule has 0 spiro atoms. The van der Waals surface area contributed by atoms with Gasteiger partial charge >= 0.3 is 17.8 Å². The molecule has 0 saturated carbocycles. The van der Waals surface area contributed by atoms with Gasteiger partial charge in [-0.2, -0.15) is 4.98 Å². The van der Waals surface area contributed by atoms with Crippen molar-refractivity contribution in [1.82, 2.24) is 24.7 Å². The number of amides is 4. The van der Waals surface area contributed by atoms with Crippen LogP contribution in [0, 0.1) is 5.82 Å². The fraction of sp³-hybridized carbons (Fsp3) is 0.462. The average Bonchev–Trinajstić information content (AvgIpc) is 2.83. The van der Waals surface area contributed by atoms with Gasteiger partial charge in [0.1, 0.15) is 29.1 Å². The highest BCUT2D eigenvalue weighted by atomic mass is 19.1. The highest BCUT2D eigenvalue weighted by Gasteiger charge is 2.36. The van der Waals surface area contributed by atoms with E-state index in [4.69, 9.17) is 4.74 Å². The van der Waals surface area contributed by atoms with E-state index in [2.05, 4.69) is 15.6 Å². The molecule has 0 radical (unpaired) electrons. The van der Waals surface area contributed by atoms with Crippen molar-refractivity contribution < 1.29 is 28.3 Å². The van der Waals surface area contributed by atoms with E-state index >= 15 is 0 Å². The van der Waals surface area contributed by atoms with Crippen LogP contribution in [-0.2, 0) is 20.7 Å². The lowest BCUT2D eigenvalue weighted by Gasteiger charge is -2.38. The van der Waals surface area contributed by atoms with Gasteiger partial charge in [-0.25, -0.2) is 18.8 Å². The molecule has 1 aliphatic rings. The van der Waals surface area contributed by atoms with Gasteiger partial charge in [0.2, 0.25) is 5.91 Å². The number of anilines is 1. The number of hydrogen-bond donors (Lipinski definition) is 2. The Morgan fingerprint density at radius 2 is 1.69 bits per heavy atom. The van der Waals surface area contributed by atoms with E-state index in [0.717, 1.165) is 10.6 Å². The molecule has 1 aliphatic heterocycles. The average molecular weight is 545 g/mol. The monoisotopic (exact) mass is 544 g/mol. The van der Waals surface area contributed by atoms with Gasteiger partial charge in [-0.1, -0.05) is 6.07 Å². The van der Waals surface area contributed by atoms with Crippen LogP contribution in [0.25, 0.3) is 5.69 Å². The van der Waals surface area contributed by atoms with Crippen LogP contribution in [0.5, 0.6) is 0 Å². The van der Waals surface area contributed by atoms with Crippen LogP contribution in [0.15, 0.2) is 35.3 Å². The summed E-state index contributed by atoms with van der Waals surface area (Å²) < 4.78 is 20.5. The number of piperazine rings is 1. The van der Waals surface area contributed by atoms with Gasteiger partial charge < -0.3 is 24.6 Å². The van der Waals surface area contributed by atoms with Gasteiger partial charge in [0.25, 0.3) is 0 Å². The highest BCUT2D eigenvalue weighted by molar-refractivity contribution is 5.90. The van der Waals surface area contributed by atoms with Crippen LogP contribution in [0.2, 0.25) is 0 Å². The number of nitrogens with one attached hydrogen (secondary N) is 2. The molecule has 210 valence electrons. The SMILES string of the molecule is CC(C)(C)OC(=O)NC(C)(C)C(=O)N1CCN(C(=O)Nc2ccn(-c3ccc(CC=O)c(F)c3)c(=O)n2)CC1. The van der Waals surface area contributed by atoms with E-state index < -0.39 is 34.8 Å². The number of ether oxygens (including phenoxy) is 1. The predicted octanol–water partition coefficient (Wildman–Crippen LogP) is 2.09. The van der Waals surface area contributed by atoms with Crippen LogP contribution in [-0.4, -0.2) is 81.0 Å². The molecular formula is C26H33FN6O6. The number of carbonyl (C=O) groups is 4. The first-order valence-corrected chi connectivity index (χ1v) is 12.4. The van der Waals surface area contributed by atoms with Crippen molar-refractivity contribution in [2.75, 3.05) is 31.5 Å². The second kappa shape index (κ2) is 11.6. The summed E-state index contributed by atoms with van der Waals surface area (Å²) in [5.74, 6) is -0.916. The number of nitrogens with zero attached hydrogens (tertiary/aromatic N) is 4. The van der Waals surface area contributed by atoms with E-state index in [0.29, 0.717) is 6.29 Å². The molecular weight excluding hydrogens is 511 g/mol. The third-order valence-electron chi connectivity index (χ3n) is 5.86. The molecule has 0 bridgehead atoms. The molecule has 1 saturated heterocycles. The standard InChI is InChI=1S/C26H33FN6O6/c1-25(2,3)39-24(38)30-26(4,5)21(35)31-11-13-32(14-12-31)22(36)28-20-8-10-33(23(37)29-20)18-7-6-17(9-15-34)19(27)16-18/h6-8,10,15-16H,9,11-14H2,1-5H3,(H,30,38)(H,28,29,36,37). The summed E-state index contributed by atoms with van der Waals surface area (Å²) in [6, 6.07) is 4.95. The molecule has 12 nitrogen and oxygen atoms in total. The lowest BCUT2D eigenvalue weighted by molar-refractivity contribution is -0.138. The van der Waals surface area contributed by atoms with Crippen molar-refractivity contribution in [3.63, 3.8) is 0 Å². The summed E-state index contributed by atoms with van der Waals surface area (Å²) in [6.45, 7) is 9.28. The van der Waals surface area contributed by atoms with Gasteiger partial charge in [-0.3, -0.25) is 14.7 Å². The number of alkyl carbamates (subject to hydrolysis) is 1. The maximum absolute atomic E-state index is 14.2. The minimum Gasteiger partial charge on any atom is -0.444 e. The first-order valence-electron chi connectivity index (χ1n) is 12.4. The van der Waals surface area contributed by atoms with E-state index in [1.807, 2.05) is 0 Å². The van der Waals surface area contributed by atoms with Crippen LogP contribution in [0.4, 0.5) is 19.8 Å². The summed E-state index contributed by atoms with van der Waals surface area (Å²) >= 11 is 0. The number of aromatic nitrogens is 2.